The molecule has 0 fully saturated rings. The van der Waals surface area contributed by atoms with Crippen LogP contribution in [0.25, 0.3) is 11.6 Å². The highest BCUT2D eigenvalue weighted by Crippen LogP contribution is 2.31. The summed E-state index contributed by atoms with van der Waals surface area (Å²) in [6.07, 6.45) is 1.65. The van der Waals surface area contributed by atoms with Gasteiger partial charge in [0.15, 0.2) is 5.82 Å². The maximum Gasteiger partial charge on any atom is 0.163 e. The van der Waals surface area contributed by atoms with Crippen molar-refractivity contribution in [2.45, 2.75) is 0 Å². The van der Waals surface area contributed by atoms with Gasteiger partial charge < -0.3 is 10.5 Å². The quantitative estimate of drug-likeness (QED) is 0.481. The molecule has 0 saturated carbocycles. The summed E-state index contributed by atoms with van der Waals surface area (Å²) in [5.41, 5.74) is 7.08. The monoisotopic (exact) mass is 517 g/mol. The number of nitrogens with one attached hydrogen (secondary N) is 1. The number of nitrogen functional groups attached to an aromatic ring is 1. The minimum atomic E-state index is 0.0721. The highest BCUT2D eigenvalue weighted by Gasteiger charge is 2.16. The Morgan fingerprint density at radius 1 is 1.41 bits per heavy atom. The molecule has 6 nitrogen and oxygen atoms in total. The zero-order valence-electron chi connectivity index (χ0n) is 11.3. The van der Waals surface area contributed by atoms with Crippen molar-refractivity contribution in [2.75, 3.05) is 12.8 Å². The molecule has 0 aliphatic heterocycles. The van der Waals surface area contributed by atoms with Crippen LogP contribution in [0.2, 0.25) is 0 Å². The van der Waals surface area contributed by atoms with Gasteiger partial charge in [-0.3, -0.25) is 5.10 Å². The normalized spacial score (nSPS) is 10.9. The molecule has 0 spiro atoms. The molecule has 0 unspecified atom stereocenters. The van der Waals surface area contributed by atoms with E-state index in [9.17, 15) is 5.26 Å². The molecule has 0 amide bonds. The van der Waals surface area contributed by atoms with Gasteiger partial charge in [0.05, 0.1) is 21.9 Å². The van der Waals surface area contributed by atoms with Gasteiger partial charge in [-0.2, -0.15) is 15.6 Å². The third kappa shape index (κ3) is 3.18. The Hall–Kier alpha value is -1.79. The number of nitrogens with zero attached hydrogens (tertiary/aromatic N) is 3. The SMILES string of the molecule is COc1c(I)cc(I)cc1/C=C(\C#N)c1[nH]nc(N)c1C#N. The van der Waals surface area contributed by atoms with Crippen molar-refractivity contribution in [1.29, 1.82) is 10.5 Å². The van der Waals surface area contributed by atoms with E-state index in [1.807, 2.05) is 18.2 Å². The van der Waals surface area contributed by atoms with Gasteiger partial charge in [0, 0.05) is 9.13 Å². The predicted octanol–water partition coefficient (Wildman–Crippen LogP) is 3.15. The fourth-order valence-electron chi connectivity index (χ4n) is 1.88. The summed E-state index contributed by atoms with van der Waals surface area (Å²) in [6.45, 7) is 0. The molecule has 1 heterocycles. The van der Waals surface area contributed by atoms with Crippen molar-refractivity contribution in [3.05, 3.63) is 36.1 Å². The number of anilines is 1. The van der Waals surface area contributed by atoms with Crippen LogP contribution in [0.1, 0.15) is 16.8 Å². The van der Waals surface area contributed by atoms with Crippen molar-refractivity contribution >= 4 is 62.6 Å². The topological polar surface area (TPSA) is 112 Å². The van der Waals surface area contributed by atoms with Crippen molar-refractivity contribution in [3.63, 3.8) is 0 Å². The molecule has 8 heteroatoms. The van der Waals surface area contributed by atoms with Gasteiger partial charge >= 0.3 is 0 Å². The van der Waals surface area contributed by atoms with Gasteiger partial charge in [-0.25, -0.2) is 0 Å². The van der Waals surface area contributed by atoms with Crippen LogP contribution >= 0.6 is 45.2 Å². The Labute approximate surface area is 154 Å². The van der Waals surface area contributed by atoms with E-state index in [2.05, 4.69) is 61.4 Å². The van der Waals surface area contributed by atoms with E-state index < -0.39 is 0 Å². The molecule has 110 valence electrons. The third-order valence-corrected chi connectivity index (χ3v) is 4.26. The highest BCUT2D eigenvalue weighted by molar-refractivity contribution is 14.1. The molecular formula is C14H9I2N5O. The molecule has 2 aromatic rings. The Bertz CT molecular complexity index is 842. The lowest BCUT2D eigenvalue weighted by molar-refractivity contribution is 0.411. The summed E-state index contributed by atoms with van der Waals surface area (Å²) >= 11 is 4.36. The first-order valence-electron chi connectivity index (χ1n) is 5.91. The maximum absolute atomic E-state index is 9.41. The second-order valence-electron chi connectivity index (χ2n) is 4.15. The Morgan fingerprint density at radius 2 is 2.14 bits per heavy atom. The Kier molecular flexibility index (Phi) is 5.26. The first-order chi connectivity index (χ1) is 10.5. The van der Waals surface area contributed by atoms with E-state index in [1.165, 1.54) is 0 Å². The predicted molar refractivity (Wildman–Crippen MR) is 99.6 cm³/mol. The number of nitrogens with two attached hydrogens (primary N) is 1. The number of hydrogen-bond acceptors (Lipinski definition) is 5. The maximum atomic E-state index is 9.41. The van der Waals surface area contributed by atoms with Gasteiger partial charge in [-0.1, -0.05) is 0 Å². The number of aromatic nitrogens is 2. The largest absolute Gasteiger partial charge is 0.495 e. The summed E-state index contributed by atoms with van der Waals surface area (Å²) in [5, 5.41) is 25.0. The van der Waals surface area contributed by atoms with Crippen LogP contribution in [0.4, 0.5) is 5.82 Å². The molecule has 0 atom stereocenters. The zero-order chi connectivity index (χ0) is 16.3. The summed E-state index contributed by atoms with van der Waals surface area (Å²) in [6, 6.07) is 7.88. The zero-order valence-corrected chi connectivity index (χ0v) is 15.6. The van der Waals surface area contributed by atoms with Crippen LogP contribution in [-0.4, -0.2) is 17.3 Å². The minimum absolute atomic E-state index is 0.0721. The second kappa shape index (κ2) is 6.98. The number of H-pyrrole nitrogens is 1. The number of aromatic amines is 1. The molecule has 2 rings (SSSR count). The van der Waals surface area contributed by atoms with Gasteiger partial charge in [0.1, 0.15) is 23.5 Å². The average Bonchev–Trinajstić information content (AvgIpc) is 2.85. The van der Waals surface area contributed by atoms with Crippen LogP contribution in [-0.2, 0) is 0 Å². The van der Waals surface area contributed by atoms with Crippen molar-refractivity contribution in [2.24, 2.45) is 0 Å². The number of halogens is 2. The highest BCUT2D eigenvalue weighted by atomic mass is 127. The van der Waals surface area contributed by atoms with Crippen LogP contribution < -0.4 is 10.5 Å². The van der Waals surface area contributed by atoms with Gasteiger partial charge in [0.25, 0.3) is 0 Å². The second-order valence-corrected chi connectivity index (χ2v) is 6.56. The molecule has 0 saturated heterocycles. The lowest BCUT2D eigenvalue weighted by atomic mass is 10.1. The first kappa shape index (κ1) is 16.6. The third-order valence-electron chi connectivity index (χ3n) is 2.84. The molecular weight excluding hydrogens is 508 g/mol. The van der Waals surface area contributed by atoms with Crippen molar-refractivity contribution in [1.82, 2.24) is 10.2 Å². The van der Waals surface area contributed by atoms with Gasteiger partial charge in [0.2, 0.25) is 0 Å². The molecule has 0 aliphatic carbocycles. The molecule has 0 radical (unpaired) electrons. The molecule has 1 aromatic carbocycles. The molecule has 3 N–H and O–H groups in total. The van der Waals surface area contributed by atoms with E-state index >= 15 is 0 Å². The first-order valence-corrected chi connectivity index (χ1v) is 8.06. The standard InChI is InChI=1S/C14H9I2N5O/c1-22-13-7(3-9(15)4-11(13)16)2-8(5-17)12-10(6-18)14(19)21-20-12/h2-4H,1H3,(H3,19,20,21)/b8-2+. The van der Waals surface area contributed by atoms with E-state index in [4.69, 9.17) is 15.7 Å². The van der Waals surface area contributed by atoms with Gasteiger partial charge in [-0.05, 0) is 63.4 Å². The number of methoxy groups -OCH3 is 1. The van der Waals surface area contributed by atoms with Crippen LogP contribution in [0.5, 0.6) is 5.75 Å². The number of benzene rings is 1. The van der Waals surface area contributed by atoms with Crippen molar-refractivity contribution < 1.29 is 4.74 Å². The molecule has 0 aliphatic rings. The fraction of sp³-hybridized carbons (Fsp3) is 0.0714. The van der Waals surface area contributed by atoms with Crippen LogP contribution in [0.3, 0.4) is 0 Å². The van der Waals surface area contributed by atoms with E-state index in [1.54, 1.807) is 13.2 Å². The average molecular weight is 517 g/mol. The summed E-state index contributed by atoms with van der Waals surface area (Å²) < 4.78 is 7.33. The van der Waals surface area contributed by atoms with Crippen LogP contribution in [0, 0.1) is 29.8 Å². The Balaban J connectivity index is 2.65. The summed E-state index contributed by atoms with van der Waals surface area (Å²) in [7, 11) is 1.57. The summed E-state index contributed by atoms with van der Waals surface area (Å²) in [4.78, 5) is 0. The smallest absolute Gasteiger partial charge is 0.163 e. The van der Waals surface area contributed by atoms with Crippen molar-refractivity contribution in [3.8, 4) is 17.9 Å². The minimum Gasteiger partial charge on any atom is -0.495 e. The molecule has 22 heavy (non-hydrogen) atoms. The van der Waals surface area contributed by atoms with E-state index in [-0.39, 0.29) is 17.0 Å². The van der Waals surface area contributed by atoms with E-state index in [0.29, 0.717) is 11.4 Å². The lowest BCUT2D eigenvalue weighted by Gasteiger charge is -2.09. The summed E-state index contributed by atoms with van der Waals surface area (Å²) in [5.74, 6) is 0.739. The number of hydrogen-bond donors (Lipinski definition) is 2. The Morgan fingerprint density at radius 3 is 2.73 bits per heavy atom. The number of nitriles is 2. The number of rotatable bonds is 3. The lowest BCUT2D eigenvalue weighted by Crippen LogP contribution is -1.94. The molecule has 1 aromatic heterocycles. The number of allylic oxidation sites excluding steroid dienone is 1. The molecule has 0 bridgehead atoms. The van der Waals surface area contributed by atoms with Gasteiger partial charge in [-0.15, -0.1) is 0 Å². The number of ether oxygens (including phenoxy) is 1. The fourth-order valence-corrected chi connectivity index (χ4v) is 3.99. The van der Waals surface area contributed by atoms with Crippen LogP contribution in [0.15, 0.2) is 12.1 Å². The van der Waals surface area contributed by atoms with E-state index in [0.717, 1.165) is 12.7 Å².